The van der Waals surface area contributed by atoms with Gasteiger partial charge < -0.3 is 21.1 Å². The summed E-state index contributed by atoms with van der Waals surface area (Å²) in [5.74, 6) is -1.72. The third kappa shape index (κ3) is 5.28. The van der Waals surface area contributed by atoms with E-state index in [0.29, 0.717) is 53.1 Å². The summed E-state index contributed by atoms with van der Waals surface area (Å²) >= 11 is 1.16. The van der Waals surface area contributed by atoms with E-state index >= 15 is 0 Å². The quantitative estimate of drug-likeness (QED) is 0.304. The van der Waals surface area contributed by atoms with Gasteiger partial charge in [0.15, 0.2) is 5.13 Å². The molecule has 3 rings (SSSR count). The number of carbonyl (C=O) groups excluding carboxylic acids is 2. The number of unbranched alkanes of at least 4 members (excludes halogenated alkanes) is 1. The highest BCUT2D eigenvalue weighted by atomic mass is 32.1. The third-order valence-electron chi connectivity index (χ3n) is 4.79. The summed E-state index contributed by atoms with van der Waals surface area (Å²) in [6.07, 6.45) is 2.99. The van der Waals surface area contributed by atoms with Gasteiger partial charge in [0.1, 0.15) is 11.4 Å². The van der Waals surface area contributed by atoms with Gasteiger partial charge in [-0.3, -0.25) is 14.9 Å². The standard InChI is InChI=1S/C21H25N5O4S/c1-2-3-9-23-19(28)16-11-31-21(25-16)26-18(27)12-6-7-15-14(10-12)13(5-4-8-22)17(24-15)20(29)30/h6-7,10-11,24H,2-5,8-9,22H2,1H3,(H,23,28)(H,29,30)(H,25,26,27). The van der Waals surface area contributed by atoms with Crippen molar-refractivity contribution in [3.8, 4) is 0 Å². The van der Waals surface area contributed by atoms with Crippen molar-refractivity contribution in [2.75, 3.05) is 18.4 Å². The van der Waals surface area contributed by atoms with Gasteiger partial charge in [0, 0.05) is 28.4 Å². The Labute approximate surface area is 183 Å². The number of hydrogen-bond donors (Lipinski definition) is 5. The smallest absolute Gasteiger partial charge is 0.352 e. The molecule has 0 aliphatic heterocycles. The van der Waals surface area contributed by atoms with E-state index in [4.69, 9.17) is 5.73 Å². The molecule has 0 bridgehead atoms. The van der Waals surface area contributed by atoms with Crippen LogP contribution in [0.25, 0.3) is 10.9 Å². The van der Waals surface area contributed by atoms with Crippen LogP contribution in [0.4, 0.5) is 5.13 Å². The summed E-state index contributed by atoms with van der Waals surface area (Å²) in [5, 5.41) is 17.5. The second kappa shape index (κ2) is 10.2. The van der Waals surface area contributed by atoms with Crippen LogP contribution >= 0.6 is 11.3 Å². The zero-order chi connectivity index (χ0) is 22.4. The summed E-state index contributed by atoms with van der Waals surface area (Å²) in [5.41, 5.74) is 7.58. The molecular weight excluding hydrogens is 418 g/mol. The summed E-state index contributed by atoms with van der Waals surface area (Å²) < 4.78 is 0. The van der Waals surface area contributed by atoms with Crippen LogP contribution in [0.3, 0.4) is 0 Å². The van der Waals surface area contributed by atoms with Gasteiger partial charge in [-0.1, -0.05) is 13.3 Å². The van der Waals surface area contributed by atoms with Gasteiger partial charge in [-0.05, 0) is 49.6 Å². The van der Waals surface area contributed by atoms with Crippen molar-refractivity contribution >= 4 is 45.2 Å². The summed E-state index contributed by atoms with van der Waals surface area (Å²) in [6.45, 7) is 3.05. The number of fused-ring (bicyclic) bond motifs is 1. The number of carboxylic acid groups (broad SMARTS) is 1. The number of nitrogens with two attached hydrogens (primary N) is 1. The molecule has 6 N–H and O–H groups in total. The molecule has 0 saturated heterocycles. The number of benzene rings is 1. The van der Waals surface area contributed by atoms with Crippen LogP contribution < -0.4 is 16.4 Å². The van der Waals surface area contributed by atoms with E-state index in [1.807, 2.05) is 6.92 Å². The minimum absolute atomic E-state index is 0.111. The fourth-order valence-electron chi connectivity index (χ4n) is 3.18. The molecule has 0 fully saturated rings. The van der Waals surface area contributed by atoms with Gasteiger partial charge in [-0.25, -0.2) is 9.78 Å². The van der Waals surface area contributed by atoms with Gasteiger partial charge in [-0.15, -0.1) is 11.3 Å². The number of aromatic amines is 1. The van der Waals surface area contributed by atoms with Crippen molar-refractivity contribution in [3.05, 3.63) is 46.1 Å². The molecule has 9 nitrogen and oxygen atoms in total. The molecule has 1 aromatic carbocycles. The van der Waals surface area contributed by atoms with Crippen LogP contribution in [-0.4, -0.2) is 45.9 Å². The van der Waals surface area contributed by atoms with Gasteiger partial charge in [0.2, 0.25) is 0 Å². The van der Waals surface area contributed by atoms with Crippen molar-refractivity contribution in [2.45, 2.75) is 32.6 Å². The van der Waals surface area contributed by atoms with E-state index in [1.165, 1.54) is 0 Å². The summed E-state index contributed by atoms with van der Waals surface area (Å²) in [6, 6.07) is 4.95. The summed E-state index contributed by atoms with van der Waals surface area (Å²) in [7, 11) is 0. The van der Waals surface area contributed by atoms with E-state index in [1.54, 1.807) is 23.6 Å². The normalized spacial score (nSPS) is 10.9. The molecule has 0 radical (unpaired) electrons. The minimum Gasteiger partial charge on any atom is -0.477 e. The number of nitrogens with zero attached hydrogens (tertiary/aromatic N) is 1. The van der Waals surface area contributed by atoms with Crippen LogP contribution in [0.15, 0.2) is 23.6 Å². The first-order valence-corrected chi connectivity index (χ1v) is 11.0. The molecule has 2 heterocycles. The van der Waals surface area contributed by atoms with Crippen LogP contribution in [0.1, 0.15) is 63.1 Å². The molecule has 2 amide bonds. The summed E-state index contributed by atoms with van der Waals surface area (Å²) in [4.78, 5) is 43.4. The number of hydrogen-bond acceptors (Lipinski definition) is 6. The van der Waals surface area contributed by atoms with Crippen molar-refractivity contribution in [1.82, 2.24) is 15.3 Å². The first-order valence-electron chi connectivity index (χ1n) is 10.1. The fraction of sp³-hybridized carbons (Fsp3) is 0.333. The lowest BCUT2D eigenvalue weighted by Crippen LogP contribution is -2.24. The topological polar surface area (TPSA) is 150 Å². The zero-order valence-corrected chi connectivity index (χ0v) is 18.0. The molecule has 164 valence electrons. The number of carboxylic acids is 1. The predicted octanol–water partition coefficient (Wildman–Crippen LogP) is 3.00. The van der Waals surface area contributed by atoms with Crippen LogP contribution in [0, 0.1) is 0 Å². The number of aromatic carboxylic acids is 1. The van der Waals surface area contributed by atoms with E-state index in [0.717, 1.165) is 24.2 Å². The Morgan fingerprint density at radius 3 is 2.74 bits per heavy atom. The Hall–Kier alpha value is -3.24. The molecular formula is C21H25N5O4S. The van der Waals surface area contributed by atoms with Crippen LogP contribution in [-0.2, 0) is 6.42 Å². The Morgan fingerprint density at radius 1 is 1.23 bits per heavy atom. The van der Waals surface area contributed by atoms with Gasteiger partial charge in [-0.2, -0.15) is 0 Å². The molecule has 3 aromatic rings. The highest BCUT2D eigenvalue weighted by Gasteiger charge is 2.19. The van der Waals surface area contributed by atoms with Crippen molar-refractivity contribution < 1.29 is 19.5 Å². The maximum Gasteiger partial charge on any atom is 0.352 e. The number of H-pyrrole nitrogens is 1. The Morgan fingerprint density at radius 2 is 2.03 bits per heavy atom. The SMILES string of the molecule is CCCCNC(=O)c1csc(NC(=O)c2ccc3[nH]c(C(=O)O)c(CCCN)c3c2)n1. The van der Waals surface area contributed by atoms with Crippen LogP contribution in [0.5, 0.6) is 0 Å². The largest absolute Gasteiger partial charge is 0.477 e. The number of aromatic nitrogens is 2. The molecule has 2 aromatic heterocycles. The third-order valence-corrected chi connectivity index (χ3v) is 5.54. The maximum atomic E-state index is 12.7. The molecule has 0 unspecified atom stereocenters. The number of rotatable bonds is 10. The second-order valence-electron chi connectivity index (χ2n) is 7.04. The molecule has 31 heavy (non-hydrogen) atoms. The number of thiazole rings is 1. The number of nitrogens with one attached hydrogen (secondary N) is 3. The molecule has 0 atom stereocenters. The molecule has 0 saturated carbocycles. The van der Waals surface area contributed by atoms with Gasteiger partial charge in [0.25, 0.3) is 11.8 Å². The first-order chi connectivity index (χ1) is 14.9. The molecule has 0 aliphatic carbocycles. The van der Waals surface area contributed by atoms with Gasteiger partial charge >= 0.3 is 5.97 Å². The maximum absolute atomic E-state index is 12.7. The molecule has 0 aliphatic rings. The number of aryl methyl sites for hydroxylation is 1. The lowest BCUT2D eigenvalue weighted by Gasteiger charge is -2.04. The Balaban J connectivity index is 1.78. The lowest BCUT2D eigenvalue weighted by atomic mass is 10.0. The van der Waals surface area contributed by atoms with Crippen molar-refractivity contribution in [2.24, 2.45) is 5.73 Å². The molecule has 0 spiro atoms. The lowest BCUT2D eigenvalue weighted by molar-refractivity contribution is 0.0689. The van der Waals surface area contributed by atoms with E-state index in [9.17, 15) is 19.5 Å². The Kier molecular flexibility index (Phi) is 7.37. The molecule has 10 heteroatoms. The Bertz CT molecular complexity index is 1100. The van der Waals surface area contributed by atoms with E-state index < -0.39 is 11.9 Å². The average molecular weight is 444 g/mol. The minimum atomic E-state index is -1.05. The highest BCUT2D eigenvalue weighted by molar-refractivity contribution is 7.14. The number of carbonyl (C=O) groups is 3. The first kappa shape index (κ1) is 22.4. The fourth-order valence-corrected chi connectivity index (χ4v) is 3.87. The predicted molar refractivity (Wildman–Crippen MR) is 120 cm³/mol. The van der Waals surface area contributed by atoms with Crippen molar-refractivity contribution in [1.29, 1.82) is 0 Å². The van der Waals surface area contributed by atoms with Crippen molar-refractivity contribution in [3.63, 3.8) is 0 Å². The monoisotopic (exact) mass is 443 g/mol. The van der Waals surface area contributed by atoms with E-state index in [-0.39, 0.29) is 17.3 Å². The number of anilines is 1. The number of amides is 2. The average Bonchev–Trinajstić information content (AvgIpc) is 3.36. The van der Waals surface area contributed by atoms with Gasteiger partial charge in [0.05, 0.1) is 0 Å². The van der Waals surface area contributed by atoms with Crippen LogP contribution in [0.2, 0.25) is 0 Å². The highest BCUT2D eigenvalue weighted by Crippen LogP contribution is 2.26. The second-order valence-corrected chi connectivity index (χ2v) is 7.90. The zero-order valence-electron chi connectivity index (χ0n) is 17.2. The van der Waals surface area contributed by atoms with E-state index in [2.05, 4.69) is 20.6 Å².